The molecule has 0 atom stereocenters. The molecule has 2 rings (SSSR count). The van der Waals surface area contributed by atoms with E-state index in [1.54, 1.807) is 0 Å². The summed E-state index contributed by atoms with van der Waals surface area (Å²) in [5.74, 6) is 1.84. The van der Waals surface area contributed by atoms with Crippen LogP contribution in [0.2, 0.25) is 0 Å². The highest BCUT2D eigenvalue weighted by Crippen LogP contribution is 2.24. The molecule has 0 aliphatic carbocycles. The zero-order valence-electron chi connectivity index (χ0n) is 17.0. The molecule has 0 spiro atoms. The van der Waals surface area contributed by atoms with Crippen LogP contribution in [0.15, 0.2) is 48.5 Å². The lowest BCUT2D eigenvalue weighted by Gasteiger charge is -2.19. The van der Waals surface area contributed by atoms with Gasteiger partial charge in [0, 0.05) is 11.8 Å². The number of carbonyl (C=O) groups is 1. The fraction of sp³-hybridized carbons (Fsp3) is 0.435. The first-order valence-corrected chi connectivity index (χ1v) is 9.50. The Labute approximate surface area is 162 Å². The number of anilines is 1. The van der Waals surface area contributed by atoms with Crippen molar-refractivity contribution in [2.24, 2.45) is 5.92 Å². The normalized spacial score (nSPS) is 11.3. The van der Waals surface area contributed by atoms with Crippen LogP contribution in [0, 0.1) is 5.92 Å². The summed E-state index contributed by atoms with van der Waals surface area (Å²) in [5.41, 5.74) is 2.03. The van der Waals surface area contributed by atoms with Crippen LogP contribution in [0.4, 0.5) is 5.69 Å². The van der Waals surface area contributed by atoms with Gasteiger partial charge in [-0.05, 0) is 47.6 Å². The molecule has 146 valence electrons. The Morgan fingerprint density at radius 1 is 1.00 bits per heavy atom. The first-order chi connectivity index (χ1) is 12.7. The Hall–Kier alpha value is -2.49. The van der Waals surface area contributed by atoms with Crippen molar-refractivity contribution in [1.29, 1.82) is 0 Å². The topological polar surface area (TPSA) is 47.6 Å². The van der Waals surface area contributed by atoms with E-state index in [1.807, 2.05) is 48.5 Å². The third kappa shape index (κ3) is 7.33. The molecular formula is C23H31NO3. The van der Waals surface area contributed by atoms with Crippen molar-refractivity contribution >= 4 is 11.6 Å². The van der Waals surface area contributed by atoms with Crippen molar-refractivity contribution in [3.05, 3.63) is 54.1 Å². The monoisotopic (exact) mass is 369 g/mol. The van der Waals surface area contributed by atoms with E-state index in [4.69, 9.17) is 9.47 Å². The molecule has 2 aromatic rings. The van der Waals surface area contributed by atoms with Crippen molar-refractivity contribution in [2.45, 2.75) is 46.5 Å². The highest BCUT2D eigenvalue weighted by molar-refractivity contribution is 5.92. The van der Waals surface area contributed by atoms with Gasteiger partial charge in [0.15, 0.2) is 6.61 Å². The lowest BCUT2D eigenvalue weighted by molar-refractivity contribution is -0.118. The zero-order chi connectivity index (χ0) is 19.9. The summed E-state index contributed by atoms with van der Waals surface area (Å²) in [7, 11) is 0. The van der Waals surface area contributed by atoms with E-state index in [0.717, 1.165) is 12.2 Å². The third-order valence-electron chi connectivity index (χ3n) is 4.17. The summed E-state index contributed by atoms with van der Waals surface area (Å²) in [6, 6.07) is 15.3. The molecule has 0 aromatic heterocycles. The average molecular weight is 370 g/mol. The van der Waals surface area contributed by atoms with Gasteiger partial charge in [-0.15, -0.1) is 0 Å². The predicted octanol–water partition coefficient (Wildman–Crippen LogP) is 5.43. The summed E-state index contributed by atoms with van der Waals surface area (Å²) < 4.78 is 11.3. The molecule has 2 aromatic carbocycles. The molecule has 0 radical (unpaired) electrons. The predicted molar refractivity (Wildman–Crippen MR) is 111 cm³/mol. The first-order valence-electron chi connectivity index (χ1n) is 9.50. The maximum absolute atomic E-state index is 12.1. The molecule has 1 amide bonds. The van der Waals surface area contributed by atoms with E-state index < -0.39 is 0 Å². The fourth-order valence-corrected chi connectivity index (χ4v) is 2.47. The van der Waals surface area contributed by atoms with E-state index in [1.165, 1.54) is 5.56 Å². The number of hydrogen-bond donors (Lipinski definition) is 1. The zero-order valence-corrected chi connectivity index (χ0v) is 17.0. The molecule has 0 fully saturated rings. The number of ether oxygens (including phenoxy) is 2. The molecule has 0 unspecified atom stereocenters. The number of rotatable bonds is 8. The number of carbonyl (C=O) groups excluding carboxylic acids is 1. The van der Waals surface area contributed by atoms with Crippen LogP contribution in [0.3, 0.4) is 0 Å². The summed E-state index contributed by atoms with van der Waals surface area (Å²) >= 11 is 0. The minimum absolute atomic E-state index is 0.0344. The van der Waals surface area contributed by atoms with E-state index in [-0.39, 0.29) is 17.9 Å². The van der Waals surface area contributed by atoms with Gasteiger partial charge in [0.1, 0.15) is 11.5 Å². The van der Waals surface area contributed by atoms with Gasteiger partial charge in [0.2, 0.25) is 0 Å². The molecule has 0 heterocycles. The van der Waals surface area contributed by atoms with Gasteiger partial charge in [0.25, 0.3) is 5.91 Å². The molecule has 27 heavy (non-hydrogen) atoms. The number of hydrogen-bond acceptors (Lipinski definition) is 3. The van der Waals surface area contributed by atoms with E-state index in [2.05, 4.69) is 39.9 Å². The van der Waals surface area contributed by atoms with Crippen molar-refractivity contribution < 1.29 is 14.3 Å². The third-order valence-corrected chi connectivity index (χ3v) is 4.17. The molecule has 4 nitrogen and oxygen atoms in total. The SMILES string of the molecule is CC(C)CCOc1cccc(NC(=O)COc2ccc(C(C)(C)C)cc2)c1. The minimum Gasteiger partial charge on any atom is -0.494 e. The Kier molecular flexibility index (Phi) is 7.28. The quantitative estimate of drug-likeness (QED) is 0.675. The Balaban J connectivity index is 1.83. The summed E-state index contributed by atoms with van der Waals surface area (Å²) in [5, 5.41) is 2.84. The van der Waals surface area contributed by atoms with Crippen LogP contribution >= 0.6 is 0 Å². The summed E-state index contributed by atoms with van der Waals surface area (Å²) in [4.78, 5) is 12.1. The van der Waals surface area contributed by atoms with Crippen molar-refractivity contribution in [1.82, 2.24) is 0 Å². The molecule has 1 N–H and O–H groups in total. The van der Waals surface area contributed by atoms with Gasteiger partial charge in [-0.25, -0.2) is 0 Å². The second-order valence-corrected chi connectivity index (χ2v) is 8.17. The standard InChI is InChI=1S/C23H31NO3/c1-17(2)13-14-26-21-8-6-7-19(15-21)24-22(25)16-27-20-11-9-18(10-12-20)23(3,4)5/h6-12,15,17H,13-14,16H2,1-5H3,(H,24,25). The van der Waals surface area contributed by atoms with Crippen molar-refractivity contribution in [3.63, 3.8) is 0 Å². The summed E-state index contributed by atoms with van der Waals surface area (Å²) in [6.45, 7) is 11.5. The summed E-state index contributed by atoms with van der Waals surface area (Å²) in [6.07, 6.45) is 0.998. The van der Waals surface area contributed by atoms with Gasteiger partial charge >= 0.3 is 0 Å². The largest absolute Gasteiger partial charge is 0.494 e. The Morgan fingerprint density at radius 3 is 2.33 bits per heavy atom. The van der Waals surface area contributed by atoms with Crippen LogP contribution in [-0.4, -0.2) is 19.1 Å². The Bertz CT molecular complexity index is 730. The van der Waals surface area contributed by atoms with Crippen molar-refractivity contribution in [2.75, 3.05) is 18.5 Å². The van der Waals surface area contributed by atoms with Crippen LogP contribution < -0.4 is 14.8 Å². The Morgan fingerprint density at radius 2 is 1.70 bits per heavy atom. The maximum atomic E-state index is 12.1. The van der Waals surface area contributed by atoms with Gasteiger partial charge in [-0.2, -0.15) is 0 Å². The van der Waals surface area contributed by atoms with Crippen LogP contribution in [0.25, 0.3) is 0 Å². The molecule has 0 aliphatic rings. The van der Waals surface area contributed by atoms with E-state index in [0.29, 0.717) is 24.0 Å². The fourth-order valence-electron chi connectivity index (χ4n) is 2.47. The van der Waals surface area contributed by atoms with Gasteiger partial charge in [0.05, 0.1) is 6.61 Å². The van der Waals surface area contributed by atoms with Gasteiger partial charge in [-0.3, -0.25) is 4.79 Å². The second kappa shape index (κ2) is 9.45. The van der Waals surface area contributed by atoms with E-state index in [9.17, 15) is 4.79 Å². The van der Waals surface area contributed by atoms with Crippen molar-refractivity contribution in [3.8, 4) is 11.5 Å². The molecule has 0 saturated heterocycles. The van der Waals surface area contributed by atoms with Crippen LogP contribution in [-0.2, 0) is 10.2 Å². The highest BCUT2D eigenvalue weighted by Gasteiger charge is 2.13. The molecular weight excluding hydrogens is 338 g/mol. The van der Waals surface area contributed by atoms with Crippen LogP contribution in [0.5, 0.6) is 11.5 Å². The highest BCUT2D eigenvalue weighted by atomic mass is 16.5. The van der Waals surface area contributed by atoms with Gasteiger partial charge < -0.3 is 14.8 Å². The number of amides is 1. The average Bonchev–Trinajstić information content (AvgIpc) is 2.59. The first kappa shape index (κ1) is 20.8. The molecule has 0 saturated carbocycles. The second-order valence-electron chi connectivity index (χ2n) is 8.17. The number of benzene rings is 2. The van der Waals surface area contributed by atoms with Crippen LogP contribution in [0.1, 0.15) is 46.6 Å². The molecule has 0 aliphatic heterocycles. The lowest BCUT2D eigenvalue weighted by atomic mass is 9.87. The number of nitrogens with one attached hydrogen (secondary N) is 1. The minimum atomic E-state index is -0.200. The molecule has 0 bridgehead atoms. The smallest absolute Gasteiger partial charge is 0.262 e. The van der Waals surface area contributed by atoms with E-state index >= 15 is 0 Å². The lowest BCUT2D eigenvalue weighted by Crippen LogP contribution is -2.20. The molecule has 4 heteroatoms. The van der Waals surface area contributed by atoms with Gasteiger partial charge in [-0.1, -0.05) is 52.8 Å². The maximum Gasteiger partial charge on any atom is 0.262 e.